The molecule has 0 N–H and O–H groups in total. The van der Waals surface area contributed by atoms with E-state index >= 15 is 0 Å². The van der Waals surface area contributed by atoms with Gasteiger partial charge in [0, 0.05) is 15.6 Å². The molecule has 0 saturated carbocycles. The molecule has 1 aliphatic rings. The fourth-order valence-corrected chi connectivity index (χ4v) is 3.77. The Hall–Kier alpha value is -1.85. The molecule has 122 valence electrons. The van der Waals surface area contributed by atoms with Gasteiger partial charge in [-0.3, -0.25) is 0 Å². The van der Waals surface area contributed by atoms with Gasteiger partial charge < -0.3 is 9.47 Å². The van der Waals surface area contributed by atoms with Crippen LogP contribution in [0.1, 0.15) is 18.1 Å². The summed E-state index contributed by atoms with van der Waals surface area (Å²) in [6.07, 6.45) is 3.40. The van der Waals surface area contributed by atoms with Crippen molar-refractivity contribution in [2.24, 2.45) is 0 Å². The first-order valence-electron chi connectivity index (χ1n) is 7.41. The molecule has 1 heterocycles. The summed E-state index contributed by atoms with van der Waals surface area (Å²) < 4.78 is 12.8. The van der Waals surface area contributed by atoms with Gasteiger partial charge in [0.05, 0.1) is 17.2 Å². The standard InChI is InChI=1S/C19H14Br2O3/c1-2-23-18(22)11-17-15(12-6-4-3-5-7-12)9-13-8-14(20)10-16(21)19(13)24-17/h3-11H,2H2,1H3/b17-11-. The van der Waals surface area contributed by atoms with E-state index in [9.17, 15) is 4.79 Å². The second kappa shape index (κ2) is 7.36. The summed E-state index contributed by atoms with van der Waals surface area (Å²) in [6, 6.07) is 13.7. The number of ether oxygens (including phenoxy) is 2. The SMILES string of the molecule is CCOC(=O)/C=C1\Oc2c(Br)cc(Br)cc2C=C1c1ccccc1. The van der Waals surface area contributed by atoms with E-state index in [0.29, 0.717) is 18.1 Å². The first-order valence-corrected chi connectivity index (χ1v) is 9.00. The maximum atomic E-state index is 11.9. The smallest absolute Gasteiger partial charge is 0.334 e. The fourth-order valence-electron chi connectivity index (χ4n) is 2.43. The van der Waals surface area contributed by atoms with Gasteiger partial charge in [-0.2, -0.15) is 0 Å². The van der Waals surface area contributed by atoms with E-state index in [2.05, 4.69) is 31.9 Å². The molecule has 3 nitrogen and oxygen atoms in total. The van der Waals surface area contributed by atoms with Crippen LogP contribution in [0, 0.1) is 0 Å². The van der Waals surface area contributed by atoms with Crippen molar-refractivity contribution in [3.63, 3.8) is 0 Å². The summed E-state index contributed by atoms with van der Waals surface area (Å²) in [7, 11) is 0. The summed E-state index contributed by atoms with van der Waals surface area (Å²) in [5.41, 5.74) is 2.73. The Kier molecular flexibility index (Phi) is 5.21. The van der Waals surface area contributed by atoms with Gasteiger partial charge in [0.1, 0.15) is 11.5 Å². The number of halogens is 2. The number of esters is 1. The highest BCUT2D eigenvalue weighted by Gasteiger charge is 2.22. The monoisotopic (exact) mass is 448 g/mol. The Labute approximate surface area is 157 Å². The van der Waals surface area contributed by atoms with Crippen molar-refractivity contribution in [3.8, 4) is 5.75 Å². The van der Waals surface area contributed by atoms with Crippen LogP contribution in [-0.4, -0.2) is 12.6 Å². The molecule has 2 aromatic carbocycles. The molecule has 0 unspecified atom stereocenters. The van der Waals surface area contributed by atoms with Crippen molar-refractivity contribution < 1.29 is 14.3 Å². The minimum atomic E-state index is -0.425. The zero-order chi connectivity index (χ0) is 17.1. The molecule has 0 bridgehead atoms. The molecule has 2 aromatic rings. The minimum Gasteiger partial charge on any atom is -0.463 e. The lowest BCUT2D eigenvalue weighted by Gasteiger charge is -2.22. The summed E-state index contributed by atoms with van der Waals surface area (Å²) >= 11 is 7.00. The van der Waals surface area contributed by atoms with Gasteiger partial charge in [-0.15, -0.1) is 0 Å². The first kappa shape index (κ1) is 17.0. The molecule has 0 saturated heterocycles. The highest BCUT2D eigenvalue weighted by Crippen LogP contribution is 2.42. The third-order valence-corrected chi connectivity index (χ3v) is 4.48. The Balaban J connectivity index is 2.14. The van der Waals surface area contributed by atoms with E-state index < -0.39 is 5.97 Å². The summed E-state index contributed by atoms with van der Waals surface area (Å²) in [5.74, 6) is 0.717. The highest BCUT2D eigenvalue weighted by atomic mass is 79.9. The molecular formula is C19H14Br2O3. The van der Waals surface area contributed by atoms with Crippen molar-refractivity contribution in [1.82, 2.24) is 0 Å². The van der Waals surface area contributed by atoms with Crippen LogP contribution in [0.5, 0.6) is 5.75 Å². The largest absolute Gasteiger partial charge is 0.463 e. The maximum absolute atomic E-state index is 11.9. The van der Waals surface area contributed by atoms with Gasteiger partial charge in [-0.1, -0.05) is 46.3 Å². The van der Waals surface area contributed by atoms with Crippen LogP contribution in [0.15, 0.2) is 63.2 Å². The van der Waals surface area contributed by atoms with Crippen LogP contribution in [-0.2, 0) is 9.53 Å². The molecule has 0 aliphatic carbocycles. The van der Waals surface area contributed by atoms with Crippen LogP contribution in [0.4, 0.5) is 0 Å². The number of hydrogen-bond donors (Lipinski definition) is 0. The average Bonchev–Trinajstić information content (AvgIpc) is 2.56. The number of allylic oxidation sites excluding steroid dienone is 1. The maximum Gasteiger partial charge on any atom is 0.334 e. The summed E-state index contributed by atoms with van der Waals surface area (Å²) in [5, 5.41) is 0. The van der Waals surface area contributed by atoms with E-state index in [1.54, 1.807) is 6.92 Å². The van der Waals surface area contributed by atoms with Crippen LogP contribution in [0.25, 0.3) is 11.6 Å². The molecule has 0 amide bonds. The van der Waals surface area contributed by atoms with E-state index in [4.69, 9.17) is 9.47 Å². The molecule has 24 heavy (non-hydrogen) atoms. The van der Waals surface area contributed by atoms with Crippen molar-refractivity contribution in [1.29, 1.82) is 0 Å². The van der Waals surface area contributed by atoms with Gasteiger partial charge in [-0.05, 0) is 46.6 Å². The number of benzene rings is 2. The molecule has 0 radical (unpaired) electrons. The Morgan fingerprint density at radius 3 is 2.67 bits per heavy atom. The van der Waals surface area contributed by atoms with E-state index in [-0.39, 0.29) is 0 Å². The third-order valence-electron chi connectivity index (χ3n) is 3.43. The number of fused-ring (bicyclic) bond motifs is 1. The molecule has 0 atom stereocenters. The van der Waals surface area contributed by atoms with Gasteiger partial charge in [-0.25, -0.2) is 4.79 Å². The number of hydrogen-bond acceptors (Lipinski definition) is 3. The van der Waals surface area contributed by atoms with E-state index in [0.717, 1.165) is 25.6 Å². The fraction of sp³-hybridized carbons (Fsp3) is 0.105. The van der Waals surface area contributed by atoms with Gasteiger partial charge >= 0.3 is 5.97 Å². The lowest BCUT2D eigenvalue weighted by molar-refractivity contribution is -0.137. The van der Waals surface area contributed by atoms with E-state index in [1.807, 2.05) is 48.5 Å². The quantitative estimate of drug-likeness (QED) is 0.452. The Bertz CT molecular complexity index is 839. The van der Waals surface area contributed by atoms with Gasteiger partial charge in [0.2, 0.25) is 0 Å². The molecular weight excluding hydrogens is 436 g/mol. The number of carbonyl (C=O) groups is 1. The van der Waals surface area contributed by atoms with Crippen molar-refractivity contribution >= 4 is 49.5 Å². The predicted molar refractivity (Wildman–Crippen MR) is 101 cm³/mol. The second-order valence-corrected chi connectivity index (χ2v) is 6.86. The Morgan fingerprint density at radius 1 is 1.21 bits per heavy atom. The minimum absolute atomic E-state index is 0.320. The summed E-state index contributed by atoms with van der Waals surface area (Å²) in [6.45, 7) is 2.09. The lowest BCUT2D eigenvalue weighted by Crippen LogP contribution is -2.10. The zero-order valence-corrected chi connectivity index (χ0v) is 16.1. The van der Waals surface area contributed by atoms with Crippen molar-refractivity contribution in [3.05, 3.63) is 74.4 Å². The second-order valence-electron chi connectivity index (χ2n) is 5.09. The molecule has 0 fully saturated rings. The first-order chi connectivity index (χ1) is 11.6. The van der Waals surface area contributed by atoms with Gasteiger partial charge in [0.15, 0.2) is 0 Å². The highest BCUT2D eigenvalue weighted by molar-refractivity contribution is 9.11. The van der Waals surface area contributed by atoms with Crippen LogP contribution < -0.4 is 4.74 Å². The predicted octanol–water partition coefficient (Wildman–Crippen LogP) is 5.59. The molecule has 5 heteroatoms. The van der Waals surface area contributed by atoms with Gasteiger partial charge in [0.25, 0.3) is 0 Å². The van der Waals surface area contributed by atoms with Crippen LogP contribution >= 0.6 is 31.9 Å². The third kappa shape index (κ3) is 3.62. The molecule has 0 aromatic heterocycles. The van der Waals surface area contributed by atoms with Crippen molar-refractivity contribution in [2.75, 3.05) is 6.61 Å². The zero-order valence-electron chi connectivity index (χ0n) is 12.9. The topological polar surface area (TPSA) is 35.5 Å². The normalized spacial score (nSPS) is 14.6. The average molecular weight is 450 g/mol. The van der Waals surface area contributed by atoms with Crippen molar-refractivity contribution in [2.45, 2.75) is 6.92 Å². The van der Waals surface area contributed by atoms with Crippen LogP contribution in [0.2, 0.25) is 0 Å². The number of carbonyl (C=O) groups excluding carboxylic acids is 1. The Morgan fingerprint density at radius 2 is 1.96 bits per heavy atom. The summed E-state index contributed by atoms with van der Waals surface area (Å²) in [4.78, 5) is 11.9. The molecule has 1 aliphatic heterocycles. The molecule has 3 rings (SSSR count). The van der Waals surface area contributed by atoms with Crippen LogP contribution in [0.3, 0.4) is 0 Å². The lowest BCUT2D eigenvalue weighted by atomic mass is 9.98. The van der Waals surface area contributed by atoms with E-state index in [1.165, 1.54) is 6.08 Å². The number of rotatable bonds is 3. The molecule has 0 spiro atoms.